The molecule has 0 aromatic carbocycles. The van der Waals surface area contributed by atoms with Crippen LogP contribution in [0.2, 0.25) is 0 Å². The fourth-order valence-corrected chi connectivity index (χ4v) is 5.69. The lowest BCUT2D eigenvalue weighted by molar-refractivity contribution is -0.161. The van der Waals surface area contributed by atoms with Gasteiger partial charge < -0.3 is 18.9 Å². The van der Waals surface area contributed by atoms with Crippen molar-refractivity contribution in [3.8, 4) is 0 Å². The fraction of sp³-hybridized carbons (Fsp3) is 0.846. The molecule has 2 unspecified atom stereocenters. The highest BCUT2D eigenvalue weighted by atomic mass is 31.1. The second kappa shape index (κ2) is 38.2. The van der Waals surface area contributed by atoms with Crippen LogP contribution in [0.4, 0.5) is 0 Å². The van der Waals surface area contributed by atoms with E-state index in [1.807, 2.05) is 0 Å². The minimum absolute atomic E-state index is 0.0216. The summed E-state index contributed by atoms with van der Waals surface area (Å²) in [6.07, 6.45) is 40.9. The highest BCUT2D eigenvalue weighted by Crippen LogP contribution is 2.14. The van der Waals surface area contributed by atoms with Gasteiger partial charge in [-0.3, -0.25) is 9.59 Å². The minimum Gasteiger partial charge on any atom is -0.462 e. The molecule has 1 N–H and O–H groups in total. The Hall–Kier alpha value is -1.23. The number of rotatable bonds is 36. The van der Waals surface area contributed by atoms with Crippen LogP contribution in [0.1, 0.15) is 194 Å². The Bertz CT molecular complexity index is 711. The van der Waals surface area contributed by atoms with Crippen molar-refractivity contribution in [2.75, 3.05) is 13.2 Å². The Morgan fingerprint density at radius 2 is 0.891 bits per heavy atom. The summed E-state index contributed by atoms with van der Waals surface area (Å²) in [4.78, 5) is 33.6. The number of allylic oxidation sites excluding steroid dienone is 4. The van der Waals surface area contributed by atoms with E-state index >= 15 is 0 Å². The molecule has 0 heterocycles. The lowest BCUT2D eigenvalue weighted by Crippen LogP contribution is -2.29. The first kappa shape index (κ1) is 44.8. The molecule has 0 aromatic heterocycles. The zero-order chi connectivity index (χ0) is 33.6. The van der Waals surface area contributed by atoms with Gasteiger partial charge in [0.2, 0.25) is 0 Å². The van der Waals surface area contributed by atoms with Gasteiger partial charge in [0.1, 0.15) is 6.61 Å². The van der Waals surface area contributed by atoms with Crippen LogP contribution < -0.4 is 0 Å². The normalized spacial score (nSPS) is 12.6. The smallest absolute Gasteiger partial charge is 0.306 e. The maximum atomic E-state index is 12.3. The molecule has 0 aliphatic carbocycles. The molecule has 0 spiro atoms. The van der Waals surface area contributed by atoms with Gasteiger partial charge in [0.25, 0.3) is 0 Å². The van der Waals surface area contributed by atoms with Crippen LogP contribution in [0.5, 0.6) is 0 Å². The van der Waals surface area contributed by atoms with E-state index in [9.17, 15) is 9.59 Å². The molecule has 0 fully saturated rings. The van der Waals surface area contributed by atoms with E-state index in [0.717, 1.165) is 51.4 Å². The summed E-state index contributed by atoms with van der Waals surface area (Å²) in [7, 11) is -0.697. The number of hydrogen-bond donors (Lipinski definition) is 1. The number of hydrogen-bond acceptors (Lipinski definition) is 6. The zero-order valence-corrected chi connectivity index (χ0v) is 31.1. The van der Waals surface area contributed by atoms with E-state index in [1.54, 1.807) is 0 Å². The summed E-state index contributed by atoms with van der Waals surface area (Å²) < 4.78 is 15.9. The largest absolute Gasteiger partial charge is 0.462 e. The lowest BCUT2D eigenvalue weighted by Gasteiger charge is -2.17. The predicted molar refractivity (Wildman–Crippen MR) is 196 cm³/mol. The monoisotopic (exact) mass is 669 g/mol. The van der Waals surface area contributed by atoms with Crippen LogP contribution in [0, 0.1) is 0 Å². The highest BCUT2D eigenvalue weighted by Gasteiger charge is 2.17. The van der Waals surface area contributed by atoms with Gasteiger partial charge in [-0.05, 0) is 64.2 Å². The van der Waals surface area contributed by atoms with Gasteiger partial charge in [0, 0.05) is 12.8 Å². The Labute approximate surface area is 286 Å². The van der Waals surface area contributed by atoms with Gasteiger partial charge in [-0.1, -0.05) is 141 Å². The van der Waals surface area contributed by atoms with Crippen molar-refractivity contribution in [1.29, 1.82) is 0 Å². The van der Waals surface area contributed by atoms with E-state index in [2.05, 4.69) is 38.2 Å². The quantitative estimate of drug-likeness (QED) is 0.0310. The summed E-state index contributed by atoms with van der Waals surface area (Å²) >= 11 is 0. The highest BCUT2D eigenvalue weighted by molar-refractivity contribution is 7.24. The molecule has 46 heavy (non-hydrogen) atoms. The van der Waals surface area contributed by atoms with Crippen molar-refractivity contribution >= 4 is 21.0 Å². The van der Waals surface area contributed by atoms with E-state index in [1.165, 1.54) is 116 Å². The fourth-order valence-electron chi connectivity index (χ4n) is 5.43. The van der Waals surface area contributed by atoms with Crippen molar-refractivity contribution in [2.24, 2.45) is 0 Å². The van der Waals surface area contributed by atoms with E-state index in [0.29, 0.717) is 12.8 Å². The molecular weight excluding hydrogens is 595 g/mol. The topological polar surface area (TPSA) is 82.1 Å². The molecule has 0 saturated carbocycles. The average Bonchev–Trinajstić information content (AvgIpc) is 3.05. The van der Waals surface area contributed by atoms with E-state index < -0.39 is 15.1 Å². The minimum atomic E-state index is -0.697. The van der Waals surface area contributed by atoms with Gasteiger partial charge in [-0.2, -0.15) is 0 Å². The van der Waals surface area contributed by atoms with Gasteiger partial charge in [-0.15, -0.1) is 0 Å². The summed E-state index contributed by atoms with van der Waals surface area (Å²) in [6.45, 7) is 4.50. The Kier molecular flexibility index (Phi) is 37.2. The number of carbonyl (C=O) groups is 2. The molecule has 2 atom stereocenters. The van der Waals surface area contributed by atoms with Crippen molar-refractivity contribution in [3.63, 3.8) is 0 Å². The van der Waals surface area contributed by atoms with Crippen LogP contribution in [-0.4, -0.2) is 36.1 Å². The van der Waals surface area contributed by atoms with Gasteiger partial charge in [0.05, 0.1) is 6.61 Å². The number of ether oxygens (including phenoxy) is 2. The molecule has 0 rings (SSSR count). The van der Waals surface area contributed by atoms with Crippen LogP contribution in [-0.2, 0) is 23.6 Å². The molecule has 7 heteroatoms. The van der Waals surface area contributed by atoms with Gasteiger partial charge in [0.15, 0.2) is 15.1 Å². The summed E-state index contributed by atoms with van der Waals surface area (Å²) in [5, 5.41) is 0. The van der Waals surface area contributed by atoms with Crippen molar-refractivity contribution in [1.82, 2.24) is 0 Å². The first-order valence-electron chi connectivity index (χ1n) is 19.3. The standard InChI is InChI=1S/C39H73O6P/c1-3-5-7-9-11-13-15-17-19-21-23-25-27-29-31-33-38(40)43-35-37(36-44-46-42)45-39(41)34-32-30-28-26-24-22-20-18-16-14-12-10-8-6-4-2/h17-20,37,42,46H,3-16,21-36H2,1-2H3/b19-17-,20-18-. The third-order valence-electron chi connectivity index (χ3n) is 8.35. The molecular formula is C39H73O6P. The Balaban J connectivity index is 3.77. The van der Waals surface area contributed by atoms with Crippen molar-refractivity contribution < 1.29 is 28.5 Å². The van der Waals surface area contributed by atoms with Crippen LogP contribution in [0.25, 0.3) is 0 Å². The maximum Gasteiger partial charge on any atom is 0.306 e. The molecule has 0 aromatic rings. The predicted octanol–water partition coefficient (Wildman–Crippen LogP) is 12.0. The molecule has 0 bridgehead atoms. The van der Waals surface area contributed by atoms with Gasteiger partial charge >= 0.3 is 11.9 Å². The molecule has 270 valence electrons. The van der Waals surface area contributed by atoms with Crippen molar-refractivity contribution in [3.05, 3.63) is 24.3 Å². The molecule has 0 aliphatic rings. The molecule has 0 saturated heterocycles. The van der Waals surface area contributed by atoms with Crippen LogP contribution in [0.3, 0.4) is 0 Å². The summed E-state index contributed by atoms with van der Waals surface area (Å²) in [5.74, 6) is -0.580. The second-order valence-electron chi connectivity index (χ2n) is 12.9. The molecule has 0 aliphatic heterocycles. The van der Waals surface area contributed by atoms with Crippen LogP contribution in [0.15, 0.2) is 24.3 Å². The van der Waals surface area contributed by atoms with E-state index in [-0.39, 0.29) is 25.2 Å². The summed E-state index contributed by atoms with van der Waals surface area (Å²) in [5.41, 5.74) is 0. The number of unbranched alkanes of at least 4 members (excludes halogenated alkanes) is 22. The third kappa shape index (κ3) is 35.6. The molecule has 0 amide bonds. The van der Waals surface area contributed by atoms with Gasteiger partial charge in [-0.25, -0.2) is 0 Å². The second-order valence-corrected chi connectivity index (χ2v) is 13.3. The Morgan fingerprint density at radius 1 is 0.522 bits per heavy atom. The SMILES string of the molecule is CCCCCCCC/C=C\CCCCCCCC(=O)OCC(COPO)OC(=O)CCCCCCC/C=C\CCCCCCCC. The maximum absolute atomic E-state index is 12.3. The molecule has 0 radical (unpaired) electrons. The van der Waals surface area contributed by atoms with Crippen molar-refractivity contribution in [2.45, 2.75) is 200 Å². The number of carbonyl (C=O) groups excluding carboxylic acids is 2. The first-order chi connectivity index (χ1) is 22.6. The van der Waals surface area contributed by atoms with E-state index in [4.69, 9.17) is 18.9 Å². The zero-order valence-electron chi connectivity index (χ0n) is 30.1. The molecule has 6 nitrogen and oxygen atoms in total. The summed E-state index contributed by atoms with van der Waals surface area (Å²) in [6, 6.07) is 0. The van der Waals surface area contributed by atoms with Crippen LogP contribution >= 0.6 is 9.03 Å². The average molecular weight is 669 g/mol. The Morgan fingerprint density at radius 3 is 1.30 bits per heavy atom. The third-order valence-corrected chi connectivity index (χ3v) is 8.64. The number of esters is 2. The first-order valence-corrected chi connectivity index (χ1v) is 20.2. The lowest BCUT2D eigenvalue weighted by atomic mass is 10.1.